The van der Waals surface area contributed by atoms with Crippen LogP contribution >= 0.6 is 23.6 Å². The van der Waals surface area contributed by atoms with Crippen molar-refractivity contribution in [3.63, 3.8) is 0 Å². The highest BCUT2D eigenvalue weighted by atomic mass is 32.1. The number of methoxy groups -OCH3 is 2. The van der Waals surface area contributed by atoms with Crippen molar-refractivity contribution < 1.29 is 23.5 Å². The summed E-state index contributed by atoms with van der Waals surface area (Å²) in [5.41, 5.74) is 1.71. The third-order valence-electron chi connectivity index (χ3n) is 4.32. The van der Waals surface area contributed by atoms with Crippen LogP contribution in [-0.2, 0) is 16.0 Å². The Morgan fingerprint density at radius 2 is 1.90 bits per heavy atom. The second-order valence-electron chi connectivity index (χ2n) is 6.34. The number of nitrogens with one attached hydrogen (secondary N) is 2. The molecule has 0 unspecified atom stereocenters. The highest BCUT2D eigenvalue weighted by molar-refractivity contribution is 7.80. The summed E-state index contributed by atoms with van der Waals surface area (Å²) in [7, 11) is 2.51. The average Bonchev–Trinajstić information content (AvgIpc) is 3.32. The standard InChI is InChI=1S/C20H19FN4O4S2/c1-11-15(18(26)28-2)17(31-16(11)19(27)29-3)24-20(30)23-13-8-22-25(10-13)9-12-6-4-5-7-14(12)21/h4-8,10H,9H2,1-3H3,(H2,23,24,30). The molecule has 0 aliphatic rings. The summed E-state index contributed by atoms with van der Waals surface area (Å²) in [6, 6.07) is 6.45. The van der Waals surface area contributed by atoms with Gasteiger partial charge in [0.1, 0.15) is 15.7 Å². The minimum absolute atomic E-state index is 0.174. The van der Waals surface area contributed by atoms with E-state index < -0.39 is 11.9 Å². The number of nitrogens with zero attached hydrogens (tertiary/aromatic N) is 2. The summed E-state index contributed by atoms with van der Waals surface area (Å²) in [6.45, 7) is 1.89. The molecule has 0 saturated heterocycles. The van der Waals surface area contributed by atoms with Crippen molar-refractivity contribution in [2.24, 2.45) is 0 Å². The molecule has 2 aromatic heterocycles. The van der Waals surface area contributed by atoms with Gasteiger partial charge in [-0.2, -0.15) is 5.10 Å². The molecule has 0 radical (unpaired) electrons. The molecule has 0 atom stereocenters. The lowest BCUT2D eigenvalue weighted by atomic mass is 10.1. The molecular weight excluding hydrogens is 443 g/mol. The number of anilines is 2. The molecule has 162 valence electrons. The van der Waals surface area contributed by atoms with Gasteiger partial charge in [0.05, 0.1) is 38.2 Å². The van der Waals surface area contributed by atoms with E-state index in [-0.39, 0.29) is 27.9 Å². The van der Waals surface area contributed by atoms with Gasteiger partial charge in [0, 0.05) is 11.8 Å². The summed E-state index contributed by atoms with van der Waals surface area (Å²) in [5, 5.41) is 10.6. The monoisotopic (exact) mass is 462 g/mol. The van der Waals surface area contributed by atoms with Gasteiger partial charge in [-0.05, 0) is 30.8 Å². The van der Waals surface area contributed by atoms with E-state index in [1.54, 1.807) is 36.0 Å². The molecule has 31 heavy (non-hydrogen) atoms. The van der Waals surface area contributed by atoms with Gasteiger partial charge in [-0.15, -0.1) is 11.3 Å². The molecule has 3 aromatic rings. The molecule has 2 N–H and O–H groups in total. The van der Waals surface area contributed by atoms with E-state index in [4.69, 9.17) is 21.7 Å². The lowest BCUT2D eigenvalue weighted by Gasteiger charge is -2.09. The van der Waals surface area contributed by atoms with Gasteiger partial charge in [0.25, 0.3) is 0 Å². The summed E-state index contributed by atoms with van der Waals surface area (Å²) in [6.07, 6.45) is 3.21. The van der Waals surface area contributed by atoms with Crippen molar-refractivity contribution in [3.8, 4) is 0 Å². The summed E-state index contributed by atoms with van der Waals surface area (Å²) in [5.74, 6) is -1.48. The van der Waals surface area contributed by atoms with Crippen LogP contribution in [0.4, 0.5) is 15.1 Å². The van der Waals surface area contributed by atoms with Crippen LogP contribution in [0.3, 0.4) is 0 Å². The molecule has 0 saturated carbocycles. The lowest BCUT2D eigenvalue weighted by Crippen LogP contribution is -2.20. The van der Waals surface area contributed by atoms with E-state index in [9.17, 15) is 14.0 Å². The van der Waals surface area contributed by atoms with Gasteiger partial charge in [0.2, 0.25) is 0 Å². The summed E-state index contributed by atoms with van der Waals surface area (Å²) in [4.78, 5) is 24.5. The van der Waals surface area contributed by atoms with Gasteiger partial charge >= 0.3 is 11.9 Å². The largest absolute Gasteiger partial charge is 0.465 e. The highest BCUT2D eigenvalue weighted by Crippen LogP contribution is 2.34. The number of carbonyl (C=O) groups excluding carboxylic acids is 2. The molecule has 0 bridgehead atoms. The zero-order chi connectivity index (χ0) is 22.5. The van der Waals surface area contributed by atoms with E-state index in [0.717, 1.165) is 11.3 Å². The quantitative estimate of drug-likeness (QED) is 0.422. The molecule has 0 amide bonds. The number of carbonyl (C=O) groups is 2. The topological polar surface area (TPSA) is 94.5 Å². The first-order chi connectivity index (χ1) is 14.8. The Balaban J connectivity index is 1.74. The molecule has 2 heterocycles. The molecule has 3 rings (SSSR count). The van der Waals surface area contributed by atoms with Gasteiger partial charge in [0.15, 0.2) is 5.11 Å². The number of halogens is 1. The van der Waals surface area contributed by atoms with Crippen LogP contribution in [0.2, 0.25) is 0 Å². The van der Waals surface area contributed by atoms with Crippen LogP contribution in [-0.4, -0.2) is 41.1 Å². The predicted octanol–water partition coefficient (Wildman–Crippen LogP) is 3.82. The molecule has 0 aliphatic heterocycles. The van der Waals surface area contributed by atoms with Crippen LogP contribution in [0, 0.1) is 12.7 Å². The third kappa shape index (κ3) is 5.06. The number of benzene rings is 1. The number of hydrogen-bond acceptors (Lipinski definition) is 7. The van der Waals surface area contributed by atoms with Crippen LogP contribution < -0.4 is 10.6 Å². The Bertz CT molecular complexity index is 1140. The number of rotatable bonds is 6. The smallest absolute Gasteiger partial charge is 0.348 e. The van der Waals surface area contributed by atoms with Crippen LogP contribution in [0.15, 0.2) is 36.7 Å². The van der Waals surface area contributed by atoms with Gasteiger partial charge in [-0.1, -0.05) is 18.2 Å². The zero-order valence-corrected chi connectivity index (χ0v) is 18.5. The van der Waals surface area contributed by atoms with Crippen molar-refractivity contribution in [1.82, 2.24) is 9.78 Å². The van der Waals surface area contributed by atoms with Crippen LogP contribution in [0.25, 0.3) is 0 Å². The molecule has 8 nitrogen and oxygen atoms in total. The second kappa shape index (κ2) is 9.67. The van der Waals surface area contributed by atoms with Crippen LogP contribution in [0.5, 0.6) is 0 Å². The van der Waals surface area contributed by atoms with Crippen molar-refractivity contribution in [2.75, 3.05) is 24.9 Å². The van der Waals surface area contributed by atoms with E-state index in [1.165, 1.54) is 26.5 Å². The number of aromatic nitrogens is 2. The SMILES string of the molecule is COC(=O)c1sc(NC(=S)Nc2cnn(Cc3ccccc3F)c2)c(C(=O)OC)c1C. The Labute approximate surface area is 187 Å². The van der Waals surface area contributed by atoms with Gasteiger partial charge in [-0.25, -0.2) is 14.0 Å². The minimum Gasteiger partial charge on any atom is -0.465 e. The van der Waals surface area contributed by atoms with Crippen molar-refractivity contribution >= 4 is 51.3 Å². The van der Waals surface area contributed by atoms with Crippen molar-refractivity contribution in [1.29, 1.82) is 0 Å². The fraction of sp³-hybridized carbons (Fsp3) is 0.200. The maximum absolute atomic E-state index is 13.8. The van der Waals surface area contributed by atoms with Crippen molar-refractivity contribution in [3.05, 3.63) is 64.0 Å². The Kier molecular flexibility index (Phi) is 6.98. The second-order valence-corrected chi connectivity index (χ2v) is 7.77. The predicted molar refractivity (Wildman–Crippen MR) is 119 cm³/mol. The Morgan fingerprint density at radius 3 is 2.58 bits per heavy atom. The maximum atomic E-state index is 13.8. The number of esters is 2. The molecular formula is C20H19FN4O4S2. The molecule has 0 spiro atoms. The number of ether oxygens (including phenoxy) is 2. The number of thiophene rings is 1. The van der Waals surface area contributed by atoms with Gasteiger partial charge in [-0.3, -0.25) is 4.68 Å². The highest BCUT2D eigenvalue weighted by Gasteiger charge is 2.26. The molecule has 0 aliphatic carbocycles. The molecule has 0 fully saturated rings. The fourth-order valence-electron chi connectivity index (χ4n) is 2.82. The normalized spacial score (nSPS) is 10.5. The zero-order valence-electron chi connectivity index (χ0n) is 16.9. The number of hydrogen-bond donors (Lipinski definition) is 2. The van der Waals surface area contributed by atoms with E-state index in [2.05, 4.69) is 15.7 Å². The molecule has 1 aromatic carbocycles. The van der Waals surface area contributed by atoms with Gasteiger partial charge < -0.3 is 20.1 Å². The van der Waals surface area contributed by atoms with E-state index >= 15 is 0 Å². The average molecular weight is 463 g/mol. The fourth-order valence-corrected chi connectivity index (χ4v) is 4.22. The molecule has 11 heteroatoms. The number of thiocarbonyl (C=S) groups is 1. The summed E-state index contributed by atoms with van der Waals surface area (Å²) >= 11 is 6.36. The maximum Gasteiger partial charge on any atom is 0.348 e. The third-order valence-corrected chi connectivity index (χ3v) is 5.71. The van der Waals surface area contributed by atoms with Crippen molar-refractivity contribution in [2.45, 2.75) is 13.5 Å². The Hall–Kier alpha value is -3.31. The van der Waals surface area contributed by atoms with E-state index in [0.29, 0.717) is 21.8 Å². The first kappa shape index (κ1) is 22.4. The first-order valence-electron chi connectivity index (χ1n) is 8.98. The van der Waals surface area contributed by atoms with E-state index in [1.807, 2.05) is 0 Å². The summed E-state index contributed by atoms with van der Waals surface area (Å²) < 4.78 is 25.0. The first-order valence-corrected chi connectivity index (χ1v) is 10.2. The Morgan fingerprint density at radius 1 is 1.19 bits per heavy atom. The lowest BCUT2D eigenvalue weighted by molar-refractivity contribution is 0.0601. The van der Waals surface area contributed by atoms with Crippen LogP contribution in [0.1, 0.15) is 31.2 Å². The minimum atomic E-state index is -0.605.